The number of ether oxygens (including phenoxy) is 2. The number of nitrogens with zero attached hydrogens (tertiary/aromatic N) is 2. The van der Waals surface area contributed by atoms with Crippen LogP contribution < -0.4 is 4.74 Å². The Morgan fingerprint density at radius 2 is 2.21 bits per heavy atom. The van der Waals surface area contributed by atoms with Crippen molar-refractivity contribution in [3.63, 3.8) is 0 Å². The van der Waals surface area contributed by atoms with Gasteiger partial charge in [-0.25, -0.2) is 4.98 Å². The number of pyridine rings is 1. The van der Waals surface area contributed by atoms with Gasteiger partial charge < -0.3 is 9.47 Å². The van der Waals surface area contributed by atoms with Crippen molar-refractivity contribution >= 4 is 34.2 Å². The van der Waals surface area contributed by atoms with Crippen molar-refractivity contribution in [1.82, 2.24) is 4.98 Å². The van der Waals surface area contributed by atoms with E-state index in [0.717, 1.165) is 5.39 Å². The van der Waals surface area contributed by atoms with Crippen LogP contribution in [-0.2, 0) is 9.53 Å². The minimum Gasteiger partial charge on any atom is -0.494 e. The second-order valence-corrected chi connectivity index (χ2v) is 7.18. The second kappa shape index (κ2) is 7.25. The molecule has 0 spiro atoms. The first-order valence-corrected chi connectivity index (χ1v) is 9.56. The number of fused-ring (bicyclic) bond motifs is 1. The van der Waals surface area contributed by atoms with E-state index in [4.69, 9.17) is 26.5 Å². The predicted octanol–water partition coefficient (Wildman–Crippen LogP) is 4.52. The monoisotopic (exact) mass is 395 g/mol. The molecule has 7 heteroatoms. The van der Waals surface area contributed by atoms with Crippen LogP contribution in [0.25, 0.3) is 10.9 Å². The molecular weight excluding hydrogens is 378 g/mol. The van der Waals surface area contributed by atoms with Crippen molar-refractivity contribution < 1.29 is 14.3 Å². The van der Waals surface area contributed by atoms with Crippen LogP contribution in [0, 0.1) is 22.7 Å². The summed E-state index contributed by atoms with van der Waals surface area (Å²) in [5.41, 5.74) is 1.71. The van der Waals surface area contributed by atoms with Crippen molar-refractivity contribution in [2.75, 3.05) is 6.61 Å². The number of hydrogen-bond acceptors (Lipinski definition) is 6. The summed E-state index contributed by atoms with van der Waals surface area (Å²) < 4.78 is 11.1. The molecule has 0 bridgehead atoms. The fourth-order valence-electron chi connectivity index (χ4n) is 3.89. The molecule has 1 aliphatic heterocycles. The summed E-state index contributed by atoms with van der Waals surface area (Å²) in [6.07, 6.45) is 1.65. The molecule has 1 aliphatic carbocycles. The standard InChI is InChI=1S/C21H18ClN3O3/c1-2-27-12-6-7-15-11(8-12)9-13(20(22)25-15)18-14(10-23)21(24)28-17-5-3-4-16(26)19(17)18/h6-9,14,18,24H,2-5H2,1H3. The lowest BCUT2D eigenvalue weighted by atomic mass is 9.74. The summed E-state index contributed by atoms with van der Waals surface area (Å²) in [6, 6.07) is 9.45. The van der Waals surface area contributed by atoms with Crippen LogP contribution in [0.1, 0.15) is 37.7 Å². The number of nitrogens with one attached hydrogen (secondary N) is 1. The van der Waals surface area contributed by atoms with E-state index in [1.807, 2.05) is 31.2 Å². The van der Waals surface area contributed by atoms with Gasteiger partial charge in [0.1, 0.15) is 22.6 Å². The summed E-state index contributed by atoms with van der Waals surface area (Å²) in [7, 11) is 0. The van der Waals surface area contributed by atoms with E-state index in [1.165, 1.54) is 0 Å². The largest absolute Gasteiger partial charge is 0.494 e. The Morgan fingerprint density at radius 1 is 1.39 bits per heavy atom. The highest BCUT2D eigenvalue weighted by Gasteiger charge is 2.43. The molecule has 0 amide bonds. The molecule has 2 aromatic rings. The Balaban J connectivity index is 1.92. The second-order valence-electron chi connectivity index (χ2n) is 6.82. The topological polar surface area (TPSA) is 96.1 Å². The molecule has 2 aliphatic rings. The molecule has 2 heterocycles. The first-order valence-electron chi connectivity index (χ1n) is 9.18. The maximum absolute atomic E-state index is 12.7. The van der Waals surface area contributed by atoms with E-state index in [2.05, 4.69) is 11.1 Å². The van der Waals surface area contributed by atoms with Crippen molar-refractivity contribution in [3.05, 3.63) is 46.3 Å². The third-order valence-corrected chi connectivity index (χ3v) is 5.42. The molecule has 6 nitrogen and oxygen atoms in total. The lowest BCUT2D eigenvalue weighted by Gasteiger charge is -2.34. The van der Waals surface area contributed by atoms with Gasteiger partial charge >= 0.3 is 0 Å². The van der Waals surface area contributed by atoms with Gasteiger partial charge in [0.15, 0.2) is 5.78 Å². The van der Waals surface area contributed by atoms with E-state index in [-0.39, 0.29) is 16.8 Å². The molecule has 2 unspecified atom stereocenters. The fraction of sp³-hybridized carbons (Fsp3) is 0.333. The molecular formula is C21H18ClN3O3. The van der Waals surface area contributed by atoms with Gasteiger partial charge in [-0.2, -0.15) is 5.26 Å². The van der Waals surface area contributed by atoms with Gasteiger partial charge in [0.25, 0.3) is 0 Å². The summed E-state index contributed by atoms with van der Waals surface area (Å²) in [4.78, 5) is 17.2. The predicted molar refractivity (Wildman–Crippen MR) is 104 cm³/mol. The quantitative estimate of drug-likeness (QED) is 0.770. The van der Waals surface area contributed by atoms with Crippen LogP contribution in [0.5, 0.6) is 5.75 Å². The molecule has 142 valence electrons. The molecule has 0 saturated carbocycles. The van der Waals surface area contributed by atoms with Crippen molar-refractivity contribution in [2.45, 2.75) is 32.1 Å². The SMILES string of the molecule is CCOc1ccc2nc(Cl)c(C3C4=C(CCCC4=O)OC(=N)C3C#N)cc2c1. The number of carbonyl (C=O) groups excluding carboxylic acids is 1. The first kappa shape index (κ1) is 18.5. The molecule has 0 radical (unpaired) electrons. The molecule has 1 aromatic carbocycles. The van der Waals surface area contributed by atoms with Gasteiger partial charge in [-0.1, -0.05) is 11.6 Å². The zero-order chi connectivity index (χ0) is 19.8. The minimum absolute atomic E-state index is 0.0572. The number of halogens is 1. The maximum Gasteiger partial charge on any atom is 0.205 e. The molecule has 4 rings (SSSR count). The van der Waals surface area contributed by atoms with Crippen LogP contribution in [-0.4, -0.2) is 23.3 Å². The summed E-state index contributed by atoms with van der Waals surface area (Å²) in [5.74, 6) is -0.604. The van der Waals surface area contributed by atoms with Gasteiger partial charge in [0.2, 0.25) is 5.90 Å². The zero-order valence-electron chi connectivity index (χ0n) is 15.3. The smallest absolute Gasteiger partial charge is 0.205 e. The first-order chi connectivity index (χ1) is 13.5. The molecule has 0 saturated heterocycles. The van der Waals surface area contributed by atoms with Crippen molar-refractivity contribution in [3.8, 4) is 11.8 Å². The number of hydrogen-bond donors (Lipinski definition) is 1. The third-order valence-electron chi connectivity index (χ3n) is 5.12. The van der Waals surface area contributed by atoms with Crippen molar-refractivity contribution in [1.29, 1.82) is 10.7 Å². The number of allylic oxidation sites excluding steroid dienone is 2. The molecule has 2 atom stereocenters. The Kier molecular flexibility index (Phi) is 4.78. The van der Waals surface area contributed by atoms with Crippen LogP contribution >= 0.6 is 11.6 Å². The van der Waals surface area contributed by atoms with Crippen molar-refractivity contribution in [2.24, 2.45) is 5.92 Å². The fourth-order valence-corrected chi connectivity index (χ4v) is 4.15. The number of rotatable bonds is 3. The number of benzene rings is 1. The van der Waals surface area contributed by atoms with Gasteiger partial charge in [-0.05, 0) is 43.2 Å². The summed E-state index contributed by atoms with van der Waals surface area (Å²) in [5, 5.41) is 18.9. The van der Waals surface area contributed by atoms with E-state index in [0.29, 0.717) is 54.0 Å². The molecule has 0 fully saturated rings. The van der Waals surface area contributed by atoms with Crippen LogP contribution in [0.3, 0.4) is 0 Å². The number of carbonyl (C=O) groups is 1. The Bertz CT molecular complexity index is 1070. The van der Waals surface area contributed by atoms with Crippen LogP contribution in [0.4, 0.5) is 0 Å². The maximum atomic E-state index is 12.7. The normalized spacial score (nSPS) is 21.9. The highest BCUT2D eigenvalue weighted by Crippen LogP contribution is 2.45. The van der Waals surface area contributed by atoms with E-state index >= 15 is 0 Å². The summed E-state index contributed by atoms with van der Waals surface area (Å²) >= 11 is 6.49. The Labute approximate surface area is 167 Å². The lowest BCUT2D eigenvalue weighted by Crippen LogP contribution is -2.34. The minimum atomic E-state index is -0.923. The number of Topliss-reactive ketones (excluding diaryl/α,β-unsaturated/α-hetero) is 1. The van der Waals surface area contributed by atoms with Gasteiger partial charge in [0.05, 0.1) is 18.2 Å². The third kappa shape index (κ3) is 3.02. The van der Waals surface area contributed by atoms with Gasteiger partial charge in [-0.3, -0.25) is 10.2 Å². The average molecular weight is 396 g/mol. The Hall–Kier alpha value is -2.91. The summed E-state index contributed by atoms with van der Waals surface area (Å²) in [6.45, 7) is 2.45. The van der Waals surface area contributed by atoms with Gasteiger partial charge in [-0.15, -0.1) is 0 Å². The van der Waals surface area contributed by atoms with E-state index < -0.39 is 11.8 Å². The van der Waals surface area contributed by atoms with Gasteiger partial charge in [0, 0.05) is 29.7 Å². The van der Waals surface area contributed by atoms with Crippen LogP contribution in [0.2, 0.25) is 5.15 Å². The number of ketones is 1. The molecule has 28 heavy (non-hydrogen) atoms. The average Bonchev–Trinajstić information content (AvgIpc) is 2.67. The molecule has 1 aromatic heterocycles. The molecule has 1 N–H and O–H groups in total. The number of aromatic nitrogens is 1. The van der Waals surface area contributed by atoms with E-state index in [1.54, 1.807) is 0 Å². The lowest BCUT2D eigenvalue weighted by molar-refractivity contribution is -0.116. The zero-order valence-corrected chi connectivity index (χ0v) is 16.0. The van der Waals surface area contributed by atoms with E-state index in [9.17, 15) is 10.1 Å². The van der Waals surface area contributed by atoms with Crippen LogP contribution in [0.15, 0.2) is 35.6 Å². The Morgan fingerprint density at radius 3 is 2.96 bits per heavy atom. The highest BCUT2D eigenvalue weighted by molar-refractivity contribution is 6.31. The number of nitriles is 1. The highest BCUT2D eigenvalue weighted by atomic mass is 35.5.